The number of nitrogens with zero attached hydrogens (tertiary/aromatic N) is 3. The number of amides is 1. The summed E-state index contributed by atoms with van der Waals surface area (Å²) >= 11 is 3.46. The standard InChI is InChI=1S/C19H19BrN4O2/c1-12-9-15(20)10-13(2)18(12)22-16(25)6-3-7-17-23-19(24-26-17)14-5-4-8-21-11-14/h4-5,8-11H,3,6-7H2,1-2H3,(H,22,25). The van der Waals surface area contributed by atoms with Crippen molar-refractivity contribution in [2.45, 2.75) is 33.1 Å². The zero-order valence-electron chi connectivity index (χ0n) is 14.6. The fourth-order valence-electron chi connectivity index (χ4n) is 2.68. The van der Waals surface area contributed by atoms with Gasteiger partial charge in [-0.25, -0.2) is 0 Å². The maximum absolute atomic E-state index is 12.2. The highest BCUT2D eigenvalue weighted by atomic mass is 79.9. The maximum atomic E-state index is 12.2. The molecule has 0 fully saturated rings. The second-order valence-corrected chi connectivity index (χ2v) is 6.99. The van der Waals surface area contributed by atoms with E-state index in [9.17, 15) is 4.79 Å². The number of benzene rings is 1. The van der Waals surface area contributed by atoms with Gasteiger partial charge in [0.1, 0.15) is 0 Å². The molecule has 2 heterocycles. The van der Waals surface area contributed by atoms with Gasteiger partial charge in [-0.1, -0.05) is 21.1 Å². The molecule has 0 bridgehead atoms. The van der Waals surface area contributed by atoms with Crippen molar-refractivity contribution in [3.63, 3.8) is 0 Å². The smallest absolute Gasteiger partial charge is 0.226 e. The molecular weight excluding hydrogens is 396 g/mol. The third-order valence-corrected chi connectivity index (χ3v) is 4.40. The van der Waals surface area contributed by atoms with Crippen LogP contribution in [0.4, 0.5) is 5.69 Å². The third-order valence-electron chi connectivity index (χ3n) is 3.94. The van der Waals surface area contributed by atoms with Gasteiger partial charge in [0.25, 0.3) is 0 Å². The summed E-state index contributed by atoms with van der Waals surface area (Å²) in [5, 5.41) is 6.94. The van der Waals surface area contributed by atoms with Crippen molar-refractivity contribution < 1.29 is 9.32 Å². The van der Waals surface area contributed by atoms with E-state index in [4.69, 9.17) is 4.52 Å². The first-order valence-electron chi connectivity index (χ1n) is 8.32. The highest BCUT2D eigenvalue weighted by Crippen LogP contribution is 2.25. The molecule has 134 valence electrons. The van der Waals surface area contributed by atoms with Crippen molar-refractivity contribution in [2.24, 2.45) is 0 Å². The lowest BCUT2D eigenvalue weighted by atomic mass is 10.1. The zero-order chi connectivity index (χ0) is 18.5. The summed E-state index contributed by atoms with van der Waals surface area (Å²) in [6.45, 7) is 3.96. The molecule has 0 aliphatic rings. The Labute approximate surface area is 160 Å². The van der Waals surface area contributed by atoms with E-state index in [-0.39, 0.29) is 5.91 Å². The quantitative estimate of drug-likeness (QED) is 0.643. The van der Waals surface area contributed by atoms with Crippen LogP contribution < -0.4 is 5.32 Å². The molecule has 1 N–H and O–H groups in total. The van der Waals surface area contributed by atoms with Gasteiger partial charge in [-0.15, -0.1) is 0 Å². The minimum atomic E-state index is -0.0227. The molecule has 0 radical (unpaired) electrons. The van der Waals surface area contributed by atoms with Crippen LogP contribution in [0.3, 0.4) is 0 Å². The molecule has 0 saturated heterocycles. The predicted molar refractivity (Wildman–Crippen MR) is 103 cm³/mol. The Morgan fingerprint density at radius 1 is 1.27 bits per heavy atom. The maximum Gasteiger partial charge on any atom is 0.226 e. The minimum Gasteiger partial charge on any atom is -0.339 e. The number of rotatable bonds is 6. The normalized spacial score (nSPS) is 10.7. The second kappa shape index (κ2) is 8.23. The Morgan fingerprint density at radius 3 is 2.73 bits per heavy atom. The third kappa shape index (κ3) is 4.54. The van der Waals surface area contributed by atoms with Gasteiger partial charge in [-0.2, -0.15) is 4.98 Å². The van der Waals surface area contributed by atoms with Gasteiger partial charge in [-0.05, 0) is 55.7 Å². The number of carbonyl (C=O) groups excluding carboxylic acids is 1. The lowest BCUT2D eigenvalue weighted by molar-refractivity contribution is -0.116. The fourth-order valence-corrected chi connectivity index (χ4v) is 3.37. The van der Waals surface area contributed by atoms with Gasteiger partial charge in [0.15, 0.2) is 0 Å². The van der Waals surface area contributed by atoms with Crippen molar-refractivity contribution in [3.8, 4) is 11.4 Å². The van der Waals surface area contributed by atoms with Crippen LogP contribution in [-0.4, -0.2) is 21.0 Å². The summed E-state index contributed by atoms with van der Waals surface area (Å²) in [6.07, 6.45) is 4.95. The molecule has 0 atom stereocenters. The Hall–Kier alpha value is -2.54. The SMILES string of the molecule is Cc1cc(Br)cc(C)c1NC(=O)CCCc1nc(-c2cccnc2)no1. The van der Waals surface area contributed by atoms with Crippen LogP contribution in [0.5, 0.6) is 0 Å². The van der Waals surface area contributed by atoms with Gasteiger partial charge in [0.05, 0.1) is 0 Å². The van der Waals surface area contributed by atoms with E-state index < -0.39 is 0 Å². The van der Waals surface area contributed by atoms with Gasteiger partial charge in [-0.3, -0.25) is 9.78 Å². The van der Waals surface area contributed by atoms with Crippen LogP contribution in [0.15, 0.2) is 45.7 Å². The minimum absolute atomic E-state index is 0.0227. The molecule has 0 spiro atoms. The largest absolute Gasteiger partial charge is 0.339 e. The molecule has 26 heavy (non-hydrogen) atoms. The molecule has 1 aromatic carbocycles. The van der Waals surface area contributed by atoms with Gasteiger partial charge in [0, 0.05) is 41.0 Å². The van der Waals surface area contributed by atoms with Crippen LogP contribution >= 0.6 is 15.9 Å². The number of carbonyl (C=O) groups is 1. The number of pyridine rings is 1. The van der Waals surface area contributed by atoms with Crippen molar-refractivity contribution in [1.82, 2.24) is 15.1 Å². The Morgan fingerprint density at radius 2 is 2.04 bits per heavy atom. The topological polar surface area (TPSA) is 80.9 Å². The lowest BCUT2D eigenvalue weighted by Crippen LogP contribution is -2.13. The summed E-state index contributed by atoms with van der Waals surface area (Å²) in [6, 6.07) is 7.67. The number of anilines is 1. The summed E-state index contributed by atoms with van der Waals surface area (Å²) in [7, 11) is 0. The molecule has 0 aliphatic heterocycles. The monoisotopic (exact) mass is 414 g/mol. The van der Waals surface area contributed by atoms with E-state index in [0.717, 1.165) is 26.9 Å². The van der Waals surface area contributed by atoms with Crippen LogP contribution in [0.1, 0.15) is 29.9 Å². The van der Waals surface area contributed by atoms with E-state index in [1.807, 2.05) is 38.1 Å². The van der Waals surface area contributed by atoms with Crippen LogP contribution in [0.2, 0.25) is 0 Å². The summed E-state index contributed by atoms with van der Waals surface area (Å²) < 4.78 is 6.25. The molecule has 0 saturated carbocycles. The average molecular weight is 415 g/mol. The molecule has 3 rings (SSSR count). The molecule has 2 aromatic heterocycles. The first-order chi connectivity index (χ1) is 12.5. The van der Waals surface area contributed by atoms with Gasteiger partial charge >= 0.3 is 0 Å². The zero-order valence-corrected chi connectivity index (χ0v) is 16.2. The highest BCUT2D eigenvalue weighted by Gasteiger charge is 2.11. The molecule has 6 nitrogen and oxygen atoms in total. The van der Waals surface area contributed by atoms with Crippen molar-refractivity contribution in [1.29, 1.82) is 0 Å². The van der Waals surface area contributed by atoms with Crippen LogP contribution in [0.25, 0.3) is 11.4 Å². The van der Waals surface area contributed by atoms with Crippen LogP contribution in [0, 0.1) is 13.8 Å². The van der Waals surface area contributed by atoms with E-state index in [1.165, 1.54) is 0 Å². The molecule has 0 unspecified atom stereocenters. The molecule has 7 heteroatoms. The highest BCUT2D eigenvalue weighted by molar-refractivity contribution is 9.10. The van der Waals surface area contributed by atoms with Gasteiger partial charge in [0.2, 0.25) is 17.6 Å². The number of aryl methyl sites for hydroxylation is 3. The van der Waals surface area contributed by atoms with E-state index in [2.05, 4.69) is 36.4 Å². The van der Waals surface area contributed by atoms with Gasteiger partial charge < -0.3 is 9.84 Å². The molecule has 1 amide bonds. The van der Waals surface area contributed by atoms with Crippen molar-refractivity contribution in [2.75, 3.05) is 5.32 Å². The summed E-state index contributed by atoms with van der Waals surface area (Å²) in [5.74, 6) is 1.01. The first kappa shape index (κ1) is 18.3. The molecular formula is C19H19BrN4O2. The average Bonchev–Trinajstić information content (AvgIpc) is 3.08. The van der Waals surface area contributed by atoms with E-state index in [1.54, 1.807) is 12.4 Å². The Balaban J connectivity index is 1.52. The summed E-state index contributed by atoms with van der Waals surface area (Å²) in [4.78, 5) is 20.6. The fraction of sp³-hybridized carbons (Fsp3) is 0.263. The van der Waals surface area contributed by atoms with E-state index >= 15 is 0 Å². The van der Waals surface area contributed by atoms with Crippen molar-refractivity contribution >= 4 is 27.5 Å². The Kier molecular flexibility index (Phi) is 5.78. The van der Waals surface area contributed by atoms with Crippen LogP contribution in [-0.2, 0) is 11.2 Å². The number of halogens is 1. The number of hydrogen-bond acceptors (Lipinski definition) is 5. The number of aromatic nitrogens is 3. The molecule has 3 aromatic rings. The van der Waals surface area contributed by atoms with E-state index in [0.29, 0.717) is 31.0 Å². The lowest BCUT2D eigenvalue weighted by Gasteiger charge is -2.12. The number of hydrogen-bond donors (Lipinski definition) is 1. The molecule has 0 aliphatic carbocycles. The predicted octanol–water partition coefficient (Wildman–Crippen LogP) is 4.47. The second-order valence-electron chi connectivity index (χ2n) is 6.07. The first-order valence-corrected chi connectivity index (χ1v) is 9.12. The van der Waals surface area contributed by atoms with Crippen molar-refractivity contribution in [3.05, 3.63) is 58.1 Å². The Bertz CT molecular complexity index is 886. The summed E-state index contributed by atoms with van der Waals surface area (Å²) in [5.41, 5.74) is 3.74. The number of nitrogens with one attached hydrogen (secondary N) is 1.